The van der Waals surface area contributed by atoms with Gasteiger partial charge in [-0.3, -0.25) is 0 Å². The van der Waals surface area contributed by atoms with E-state index in [-0.39, 0.29) is 0 Å². The monoisotopic (exact) mass is 313 g/mol. The zero-order valence-corrected chi connectivity index (χ0v) is 11.5. The van der Waals surface area contributed by atoms with Crippen molar-refractivity contribution in [2.24, 2.45) is 0 Å². The number of hydrogen-bond donors (Lipinski definition) is 0. The predicted octanol–water partition coefficient (Wildman–Crippen LogP) is 4.79. The molecule has 1 aromatic carbocycles. The fraction of sp³-hybridized carbons (Fsp3) is 0.0833. The van der Waals surface area contributed by atoms with Crippen LogP contribution in [0, 0.1) is 0 Å². The second-order valence-electron chi connectivity index (χ2n) is 3.21. The minimum absolute atomic E-state index is 0.537. The number of halogens is 2. The van der Waals surface area contributed by atoms with Gasteiger partial charge in [0.15, 0.2) is 0 Å². The number of nitrogens with zero attached hydrogens (tertiary/aromatic N) is 1. The van der Waals surface area contributed by atoms with Crippen LogP contribution in [0.25, 0.3) is 0 Å². The molecule has 0 aliphatic rings. The van der Waals surface area contributed by atoms with Crippen LogP contribution >= 0.6 is 39.3 Å². The van der Waals surface area contributed by atoms with Gasteiger partial charge in [0, 0.05) is 21.3 Å². The third-order valence-corrected chi connectivity index (χ3v) is 4.34. The summed E-state index contributed by atoms with van der Waals surface area (Å²) in [6.07, 6.45) is 1.81. The summed E-state index contributed by atoms with van der Waals surface area (Å²) in [6, 6.07) is 12.0. The zero-order valence-electron chi connectivity index (χ0n) is 8.36. The van der Waals surface area contributed by atoms with Crippen molar-refractivity contribution in [3.63, 3.8) is 0 Å². The van der Waals surface area contributed by atoms with E-state index < -0.39 is 0 Å². The van der Waals surface area contributed by atoms with Crippen LogP contribution in [-0.4, -0.2) is 4.98 Å². The Morgan fingerprint density at radius 2 is 2.00 bits per heavy atom. The Morgan fingerprint density at radius 3 is 2.69 bits per heavy atom. The van der Waals surface area contributed by atoms with Crippen LogP contribution in [0.15, 0.2) is 52.0 Å². The smallest absolute Gasteiger partial charge is 0.129 e. The lowest BCUT2D eigenvalue weighted by molar-refractivity contribution is 1.25. The van der Waals surface area contributed by atoms with E-state index in [0.717, 1.165) is 10.2 Å². The Balaban J connectivity index is 2.02. The van der Waals surface area contributed by atoms with E-state index >= 15 is 0 Å². The fourth-order valence-corrected chi connectivity index (χ4v) is 2.83. The minimum atomic E-state index is 0.537. The number of benzene rings is 1. The molecule has 4 heteroatoms. The first kappa shape index (κ1) is 12.0. The Hall–Kier alpha value is -0.510. The molecule has 0 bridgehead atoms. The molecule has 1 heterocycles. The van der Waals surface area contributed by atoms with Crippen LogP contribution < -0.4 is 0 Å². The summed E-state index contributed by atoms with van der Waals surface area (Å²) in [5, 5.41) is 0.537. The van der Waals surface area contributed by atoms with Crippen molar-refractivity contribution in [3.05, 3.63) is 57.8 Å². The number of thioether (sulfide) groups is 1. The molecule has 0 atom stereocenters. The summed E-state index contributed by atoms with van der Waals surface area (Å²) in [5.74, 6) is 0.896. The van der Waals surface area contributed by atoms with E-state index in [2.05, 4.69) is 27.0 Å². The Morgan fingerprint density at radius 1 is 1.19 bits per heavy atom. The molecule has 1 aromatic heterocycles. The number of pyridine rings is 1. The van der Waals surface area contributed by atoms with Gasteiger partial charge in [-0.15, -0.1) is 11.8 Å². The first-order valence-corrected chi connectivity index (χ1v) is 6.89. The molecule has 1 nitrogen and oxygen atoms in total. The Labute approximate surface area is 112 Å². The van der Waals surface area contributed by atoms with E-state index in [1.165, 1.54) is 10.5 Å². The topological polar surface area (TPSA) is 12.9 Å². The number of rotatable bonds is 3. The average molecular weight is 315 g/mol. The highest BCUT2D eigenvalue weighted by Crippen LogP contribution is 2.29. The maximum absolute atomic E-state index is 5.73. The molecular formula is C12H9BrClNS. The maximum atomic E-state index is 5.73. The van der Waals surface area contributed by atoms with Gasteiger partial charge in [0.05, 0.1) is 0 Å². The third-order valence-electron chi connectivity index (χ3n) is 2.02. The molecule has 0 N–H and O–H groups in total. The van der Waals surface area contributed by atoms with E-state index in [1.807, 2.05) is 36.5 Å². The van der Waals surface area contributed by atoms with Crippen LogP contribution in [0.3, 0.4) is 0 Å². The third kappa shape index (κ3) is 3.24. The highest BCUT2D eigenvalue weighted by molar-refractivity contribution is 9.10. The fourth-order valence-electron chi connectivity index (χ4n) is 1.21. The summed E-state index contributed by atoms with van der Waals surface area (Å²) in [7, 11) is 0. The second kappa shape index (κ2) is 5.71. The predicted molar refractivity (Wildman–Crippen MR) is 73.0 cm³/mol. The molecule has 2 rings (SSSR count). The first-order valence-electron chi connectivity index (χ1n) is 4.73. The molecule has 0 unspecified atom stereocenters. The molecule has 0 aliphatic carbocycles. The van der Waals surface area contributed by atoms with Gasteiger partial charge in [0.1, 0.15) is 5.15 Å². The highest BCUT2D eigenvalue weighted by Gasteiger charge is 2.00. The minimum Gasteiger partial charge on any atom is -0.244 e. The van der Waals surface area contributed by atoms with Gasteiger partial charge in [-0.05, 0) is 39.7 Å². The second-order valence-corrected chi connectivity index (χ2v) is 5.47. The molecule has 2 aromatic rings. The van der Waals surface area contributed by atoms with Crippen molar-refractivity contribution in [2.75, 3.05) is 0 Å². The molecule has 0 spiro atoms. The van der Waals surface area contributed by atoms with Crippen LogP contribution in [0.4, 0.5) is 0 Å². The molecular weight excluding hydrogens is 306 g/mol. The van der Waals surface area contributed by atoms with Crippen molar-refractivity contribution in [1.82, 2.24) is 4.98 Å². The van der Waals surface area contributed by atoms with Crippen molar-refractivity contribution < 1.29 is 0 Å². The van der Waals surface area contributed by atoms with Gasteiger partial charge in [0.2, 0.25) is 0 Å². The van der Waals surface area contributed by atoms with Crippen LogP contribution in [0.5, 0.6) is 0 Å². The van der Waals surface area contributed by atoms with Crippen molar-refractivity contribution >= 4 is 39.3 Å². The molecule has 0 aliphatic heterocycles. The van der Waals surface area contributed by atoms with Crippen LogP contribution in [-0.2, 0) is 5.75 Å². The summed E-state index contributed by atoms with van der Waals surface area (Å²) >= 11 is 11.0. The van der Waals surface area contributed by atoms with Gasteiger partial charge >= 0.3 is 0 Å². The molecule has 82 valence electrons. The van der Waals surface area contributed by atoms with E-state index in [9.17, 15) is 0 Å². The molecule has 0 radical (unpaired) electrons. The lowest BCUT2D eigenvalue weighted by Crippen LogP contribution is -1.83. The van der Waals surface area contributed by atoms with Gasteiger partial charge in [-0.1, -0.05) is 29.8 Å². The summed E-state index contributed by atoms with van der Waals surface area (Å²) in [5.41, 5.74) is 1.17. The Bertz CT molecular complexity index is 473. The standard InChI is InChI=1S/C12H9BrClNS/c13-10-3-1-2-4-11(10)16-8-9-5-6-12(14)15-7-9/h1-7H,8H2. The molecule has 16 heavy (non-hydrogen) atoms. The molecule has 0 fully saturated rings. The van der Waals surface area contributed by atoms with Crippen LogP contribution in [0.1, 0.15) is 5.56 Å². The molecule has 0 amide bonds. The maximum Gasteiger partial charge on any atom is 0.129 e. The van der Waals surface area contributed by atoms with Crippen molar-refractivity contribution in [2.45, 2.75) is 10.6 Å². The first-order chi connectivity index (χ1) is 7.75. The van der Waals surface area contributed by atoms with Gasteiger partial charge < -0.3 is 0 Å². The molecule has 0 saturated heterocycles. The summed E-state index contributed by atoms with van der Waals surface area (Å²) in [6.45, 7) is 0. The SMILES string of the molecule is Clc1ccc(CSc2ccccc2Br)cn1. The quantitative estimate of drug-likeness (QED) is 0.597. The lowest BCUT2D eigenvalue weighted by Gasteiger charge is -2.03. The molecule has 0 saturated carbocycles. The lowest BCUT2D eigenvalue weighted by atomic mass is 10.3. The highest BCUT2D eigenvalue weighted by atomic mass is 79.9. The van der Waals surface area contributed by atoms with E-state index in [0.29, 0.717) is 5.15 Å². The zero-order chi connectivity index (χ0) is 11.4. The van der Waals surface area contributed by atoms with Crippen LogP contribution in [0.2, 0.25) is 5.15 Å². The van der Waals surface area contributed by atoms with Gasteiger partial charge in [-0.2, -0.15) is 0 Å². The number of hydrogen-bond acceptors (Lipinski definition) is 2. The van der Waals surface area contributed by atoms with Crippen molar-refractivity contribution in [1.29, 1.82) is 0 Å². The summed E-state index contributed by atoms with van der Waals surface area (Å²) < 4.78 is 1.13. The Kier molecular flexibility index (Phi) is 4.27. The normalized spacial score (nSPS) is 10.4. The van der Waals surface area contributed by atoms with E-state index in [1.54, 1.807) is 11.8 Å². The van der Waals surface area contributed by atoms with Gasteiger partial charge in [-0.25, -0.2) is 4.98 Å². The van der Waals surface area contributed by atoms with Crippen molar-refractivity contribution in [3.8, 4) is 0 Å². The number of aromatic nitrogens is 1. The van der Waals surface area contributed by atoms with Gasteiger partial charge in [0.25, 0.3) is 0 Å². The average Bonchev–Trinajstić information content (AvgIpc) is 2.30. The van der Waals surface area contributed by atoms with E-state index in [4.69, 9.17) is 11.6 Å². The summed E-state index contributed by atoms with van der Waals surface area (Å²) in [4.78, 5) is 5.29. The largest absolute Gasteiger partial charge is 0.244 e.